The molecule has 6 heteroatoms. The molecule has 2 unspecified atom stereocenters. The van der Waals surface area contributed by atoms with Crippen molar-refractivity contribution in [3.05, 3.63) is 54.0 Å². The summed E-state index contributed by atoms with van der Waals surface area (Å²) in [5, 5.41) is 4.96. The van der Waals surface area contributed by atoms with Crippen LogP contribution in [0.5, 0.6) is 0 Å². The average Bonchev–Trinajstić information content (AvgIpc) is 3.35. The Hall–Kier alpha value is -2.34. The summed E-state index contributed by atoms with van der Waals surface area (Å²) >= 11 is 1.52. The van der Waals surface area contributed by atoms with Gasteiger partial charge in [-0.05, 0) is 37.3 Å². The molecule has 0 saturated heterocycles. The van der Waals surface area contributed by atoms with Gasteiger partial charge in [-0.15, -0.1) is 0 Å². The van der Waals surface area contributed by atoms with Crippen LogP contribution >= 0.6 is 11.8 Å². The molecule has 1 aromatic carbocycles. The van der Waals surface area contributed by atoms with Crippen LogP contribution in [0.25, 0.3) is 11.0 Å². The Balaban J connectivity index is 1.55. The monoisotopic (exact) mass is 409 g/mol. The fraction of sp³-hybridized carbons (Fsp3) is 0.435. The topological polar surface area (TPSA) is 68.0 Å². The van der Waals surface area contributed by atoms with Crippen molar-refractivity contribution in [2.24, 2.45) is 5.92 Å². The molecule has 5 nitrogen and oxygen atoms in total. The molecule has 4 rings (SSSR count). The Kier molecular flexibility index (Phi) is 6.49. The van der Waals surface area contributed by atoms with E-state index in [1.807, 2.05) is 24.3 Å². The van der Waals surface area contributed by atoms with Crippen LogP contribution in [0.2, 0.25) is 0 Å². The van der Waals surface area contributed by atoms with Crippen LogP contribution in [0.3, 0.4) is 0 Å². The molecule has 0 bridgehead atoms. The fourth-order valence-corrected chi connectivity index (χ4v) is 5.03. The third-order valence-electron chi connectivity index (χ3n) is 5.70. The summed E-state index contributed by atoms with van der Waals surface area (Å²) in [6.45, 7) is 2.22. The molecule has 0 spiro atoms. The van der Waals surface area contributed by atoms with E-state index in [4.69, 9.17) is 4.42 Å². The van der Waals surface area contributed by atoms with E-state index in [1.54, 1.807) is 18.5 Å². The summed E-state index contributed by atoms with van der Waals surface area (Å²) in [5.74, 6) is 1.50. The third kappa shape index (κ3) is 4.64. The number of para-hydroxylation sites is 1. The maximum absolute atomic E-state index is 13.2. The van der Waals surface area contributed by atoms with Crippen molar-refractivity contribution >= 4 is 28.6 Å². The highest BCUT2D eigenvalue weighted by Crippen LogP contribution is 2.33. The first-order valence-electron chi connectivity index (χ1n) is 10.5. The molecule has 0 radical (unpaired) electrons. The number of nitrogens with zero attached hydrogens (tertiary/aromatic N) is 2. The largest absolute Gasteiger partial charge is 0.451 e. The van der Waals surface area contributed by atoms with E-state index >= 15 is 0 Å². The van der Waals surface area contributed by atoms with Crippen LogP contribution in [0.15, 0.2) is 52.3 Å². The van der Waals surface area contributed by atoms with E-state index in [0.717, 1.165) is 23.0 Å². The molecular formula is C23H27N3O2S. The van der Waals surface area contributed by atoms with Gasteiger partial charge in [0.1, 0.15) is 5.58 Å². The summed E-state index contributed by atoms with van der Waals surface area (Å²) in [6, 6.07) is 9.88. The molecule has 1 fully saturated rings. The summed E-state index contributed by atoms with van der Waals surface area (Å²) in [5.41, 5.74) is 1.66. The zero-order valence-electron chi connectivity index (χ0n) is 16.8. The highest BCUT2D eigenvalue weighted by molar-refractivity contribution is 7.98. The van der Waals surface area contributed by atoms with E-state index in [0.29, 0.717) is 22.6 Å². The minimum atomic E-state index is -0.0980. The van der Waals surface area contributed by atoms with Crippen LogP contribution in [0.1, 0.15) is 61.6 Å². The zero-order valence-corrected chi connectivity index (χ0v) is 17.6. The molecule has 29 heavy (non-hydrogen) atoms. The molecule has 2 aromatic heterocycles. The summed E-state index contributed by atoms with van der Waals surface area (Å²) < 4.78 is 6.01. The van der Waals surface area contributed by atoms with Gasteiger partial charge in [0.2, 0.25) is 0 Å². The maximum atomic E-state index is 13.2. The van der Waals surface area contributed by atoms with Crippen LogP contribution in [0.4, 0.5) is 0 Å². The number of hydrogen-bond donors (Lipinski definition) is 1. The van der Waals surface area contributed by atoms with Gasteiger partial charge in [-0.25, -0.2) is 9.97 Å². The molecule has 2 heterocycles. The zero-order chi connectivity index (χ0) is 20.1. The number of carbonyl (C=O) groups excluding carboxylic acids is 1. The molecule has 1 amide bonds. The first-order chi connectivity index (χ1) is 14.3. The Labute approximate surface area is 175 Å². The van der Waals surface area contributed by atoms with Crippen molar-refractivity contribution in [3.63, 3.8) is 0 Å². The normalized spacial score (nSPS) is 18.9. The van der Waals surface area contributed by atoms with Gasteiger partial charge in [-0.1, -0.05) is 56.1 Å². The van der Waals surface area contributed by atoms with Crippen molar-refractivity contribution in [3.8, 4) is 0 Å². The van der Waals surface area contributed by atoms with Crippen LogP contribution in [-0.2, 0) is 5.75 Å². The Bertz CT molecular complexity index is 957. The molecule has 1 saturated carbocycles. The average molecular weight is 410 g/mol. The lowest BCUT2D eigenvalue weighted by atomic mass is 9.96. The molecule has 0 aliphatic heterocycles. The van der Waals surface area contributed by atoms with Gasteiger partial charge in [-0.2, -0.15) is 0 Å². The molecular weight excluding hydrogens is 382 g/mol. The van der Waals surface area contributed by atoms with Crippen molar-refractivity contribution in [1.82, 2.24) is 15.3 Å². The number of nitrogens with one attached hydrogen (secondary N) is 1. The quantitative estimate of drug-likeness (QED) is 0.387. The lowest BCUT2D eigenvalue weighted by Crippen LogP contribution is -2.37. The number of amides is 1. The number of aromatic nitrogens is 2. The summed E-state index contributed by atoms with van der Waals surface area (Å²) in [7, 11) is 0. The number of hydrogen-bond acceptors (Lipinski definition) is 5. The number of rotatable bonds is 8. The minimum absolute atomic E-state index is 0.0980. The SMILES string of the molecule is CCCCC1CCCC1NC(=O)c1oc2ccccc2c1CSc1ncccn1. The van der Waals surface area contributed by atoms with Gasteiger partial charge in [0, 0.05) is 35.1 Å². The van der Waals surface area contributed by atoms with Crippen LogP contribution in [-0.4, -0.2) is 21.9 Å². The predicted octanol–water partition coefficient (Wildman–Crippen LogP) is 5.60. The van der Waals surface area contributed by atoms with E-state index in [1.165, 1.54) is 43.9 Å². The van der Waals surface area contributed by atoms with Crippen LogP contribution < -0.4 is 5.32 Å². The summed E-state index contributed by atoms with van der Waals surface area (Å²) in [6.07, 6.45) is 10.5. The van der Waals surface area contributed by atoms with Gasteiger partial charge >= 0.3 is 0 Å². The Morgan fingerprint density at radius 3 is 2.86 bits per heavy atom. The standard InChI is InChI=1S/C23H27N3O2S/c1-2-3-8-16-9-6-11-19(16)26-22(27)21-18(15-29-23-24-13-7-14-25-23)17-10-4-5-12-20(17)28-21/h4-5,7,10,12-14,16,19H,2-3,6,8-9,11,15H2,1H3,(H,26,27). The van der Waals surface area contributed by atoms with E-state index < -0.39 is 0 Å². The minimum Gasteiger partial charge on any atom is -0.451 e. The molecule has 1 aliphatic carbocycles. The highest BCUT2D eigenvalue weighted by atomic mass is 32.2. The second kappa shape index (κ2) is 9.44. The fourth-order valence-electron chi connectivity index (χ4n) is 4.19. The number of fused-ring (bicyclic) bond motifs is 1. The lowest BCUT2D eigenvalue weighted by molar-refractivity contribution is 0.0899. The second-order valence-corrected chi connectivity index (χ2v) is 8.58. The van der Waals surface area contributed by atoms with Crippen LogP contribution in [0, 0.1) is 5.92 Å². The van der Waals surface area contributed by atoms with Gasteiger partial charge in [0.25, 0.3) is 5.91 Å². The van der Waals surface area contributed by atoms with Gasteiger partial charge < -0.3 is 9.73 Å². The molecule has 2 atom stereocenters. The predicted molar refractivity (Wildman–Crippen MR) is 116 cm³/mol. The smallest absolute Gasteiger partial charge is 0.287 e. The number of carbonyl (C=O) groups is 1. The molecule has 1 N–H and O–H groups in total. The van der Waals surface area contributed by atoms with Crippen molar-refractivity contribution in [1.29, 1.82) is 0 Å². The number of thioether (sulfide) groups is 1. The Morgan fingerprint density at radius 1 is 1.21 bits per heavy atom. The number of unbranched alkanes of at least 4 members (excludes halogenated alkanes) is 1. The molecule has 152 valence electrons. The number of benzene rings is 1. The second-order valence-electron chi connectivity index (χ2n) is 7.64. The van der Waals surface area contributed by atoms with Crippen molar-refractivity contribution in [2.75, 3.05) is 0 Å². The first-order valence-corrected chi connectivity index (χ1v) is 11.5. The van der Waals surface area contributed by atoms with Crippen molar-refractivity contribution in [2.45, 2.75) is 62.4 Å². The van der Waals surface area contributed by atoms with Crippen molar-refractivity contribution < 1.29 is 9.21 Å². The third-order valence-corrected chi connectivity index (χ3v) is 6.60. The Morgan fingerprint density at radius 2 is 2.03 bits per heavy atom. The maximum Gasteiger partial charge on any atom is 0.287 e. The lowest BCUT2D eigenvalue weighted by Gasteiger charge is -2.20. The first kappa shape index (κ1) is 20.0. The van der Waals surface area contributed by atoms with Gasteiger partial charge in [0.15, 0.2) is 10.9 Å². The van der Waals surface area contributed by atoms with Gasteiger partial charge in [0.05, 0.1) is 0 Å². The van der Waals surface area contributed by atoms with E-state index in [2.05, 4.69) is 22.2 Å². The van der Waals surface area contributed by atoms with E-state index in [-0.39, 0.29) is 11.9 Å². The van der Waals surface area contributed by atoms with E-state index in [9.17, 15) is 4.79 Å². The number of furan rings is 1. The summed E-state index contributed by atoms with van der Waals surface area (Å²) in [4.78, 5) is 21.7. The van der Waals surface area contributed by atoms with Gasteiger partial charge in [-0.3, -0.25) is 4.79 Å². The molecule has 1 aliphatic rings. The molecule has 3 aromatic rings. The highest BCUT2D eigenvalue weighted by Gasteiger charge is 2.30.